The fourth-order valence-electron chi connectivity index (χ4n) is 2.82. The molecule has 1 aromatic rings. The average molecular weight is 277 g/mol. The number of hydrogen-bond donors (Lipinski definition) is 2. The van der Waals surface area contributed by atoms with Gasteiger partial charge in [-0.1, -0.05) is 6.42 Å². The largest absolute Gasteiger partial charge is 0.494 e. The van der Waals surface area contributed by atoms with Gasteiger partial charge in [0, 0.05) is 11.7 Å². The zero-order chi connectivity index (χ0) is 14.5. The van der Waals surface area contributed by atoms with Crippen LogP contribution in [0.1, 0.15) is 38.2 Å². The van der Waals surface area contributed by atoms with E-state index in [0.717, 1.165) is 36.3 Å². The van der Waals surface area contributed by atoms with E-state index in [-0.39, 0.29) is 12.0 Å². The lowest BCUT2D eigenvalue weighted by Gasteiger charge is -2.28. The molecule has 2 N–H and O–H groups in total. The molecule has 1 fully saturated rings. The number of benzene rings is 1. The molecule has 4 nitrogen and oxygen atoms in total. The zero-order valence-electron chi connectivity index (χ0n) is 12.2. The van der Waals surface area contributed by atoms with Gasteiger partial charge >= 0.3 is 5.97 Å². The highest BCUT2D eigenvalue weighted by Crippen LogP contribution is 2.29. The average Bonchev–Trinajstić information content (AvgIpc) is 2.42. The van der Waals surface area contributed by atoms with Gasteiger partial charge in [0.05, 0.1) is 12.5 Å². The summed E-state index contributed by atoms with van der Waals surface area (Å²) in [6.07, 6.45) is 3.53. The Morgan fingerprint density at radius 1 is 1.45 bits per heavy atom. The molecule has 1 aromatic carbocycles. The number of aryl methyl sites for hydroxylation is 1. The molecule has 0 heterocycles. The van der Waals surface area contributed by atoms with Crippen molar-refractivity contribution in [3.05, 3.63) is 23.8 Å². The number of aliphatic carboxylic acids is 1. The van der Waals surface area contributed by atoms with Gasteiger partial charge in [-0.15, -0.1) is 0 Å². The molecule has 0 saturated heterocycles. The molecule has 4 heteroatoms. The third-order valence-electron chi connectivity index (χ3n) is 3.89. The molecule has 0 aromatic heterocycles. The number of carboxylic acid groups (broad SMARTS) is 1. The van der Waals surface area contributed by atoms with Crippen molar-refractivity contribution in [3.63, 3.8) is 0 Å². The number of carbonyl (C=O) groups is 1. The molecule has 2 atom stereocenters. The van der Waals surface area contributed by atoms with Crippen LogP contribution in [0.25, 0.3) is 0 Å². The van der Waals surface area contributed by atoms with Crippen molar-refractivity contribution in [1.82, 2.24) is 0 Å². The minimum absolute atomic E-state index is 0.204. The molecule has 0 amide bonds. The van der Waals surface area contributed by atoms with Crippen LogP contribution >= 0.6 is 0 Å². The molecule has 0 radical (unpaired) electrons. The summed E-state index contributed by atoms with van der Waals surface area (Å²) in [5.41, 5.74) is 2.21. The van der Waals surface area contributed by atoms with Gasteiger partial charge in [-0.3, -0.25) is 4.79 Å². The highest BCUT2D eigenvalue weighted by molar-refractivity contribution is 5.70. The predicted molar refractivity (Wildman–Crippen MR) is 79.4 cm³/mol. The van der Waals surface area contributed by atoms with Crippen LogP contribution in [0, 0.1) is 12.8 Å². The van der Waals surface area contributed by atoms with Gasteiger partial charge in [0.2, 0.25) is 0 Å². The van der Waals surface area contributed by atoms with Gasteiger partial charge in [-0.2, -0.15) is 0 Å². The number of nitrogens with one attached hydrogen (secondary N) is 1. The summed E-state index contributed by atoms with van der Waals surface area (Å²) in [4.78, 5) is 11.1. The van der Waals surface area contributed by atoms with Crippen LogP contribution in [0.3, 0.4) is 0 Å². The summed E-state index contributed by atoms with van der Waals surface area (Å²) in [5, 5.41) is 12.6. The van der Waals surface area contributed by atoms with E-state index in [9.17, 15) is 4.79 Å². The second kappa shape index (κ2) is 6.64. The Bertz CT molecular complexity index is 473. The van der Waals surface area contributed by atoms with Crippen LogP contribution in [0.4, 0.5) is 5.69 Å². The van der Waals surface area contributed by atoms with Crippen LogP contribution in [0.15, 0.2) is 18.2 Å². The summed E-state index contributed by atoms with van der Waals surface area (Å²) < 4.78 is 5.47. The van der Waals surface area contributed by atoms with E-state index < -0.39 is 5.97 Å². The molecular formula is C16H23NO3. The molecule has 1 aliphatic carbocycles. The molecular weight excluding hydrogens is 254 g/mol. The Balaban J connectivity index is 2.00. The first-order valence-electron chi connectivity index (χ1n) is 7.33. The lowest BCUT2D eigenvalue weighted by Crippen LogP contribution is -2.31. The van der Waals surface area contributed by atoms with Crippen molar-refractivity contribution in [1.29, 1.82) is 0 Å². The molecule has 0 bridgehead atoms. The smallest absolute Gasteiger partial charge is 0.306 e. The third-order valence-corrected chi connectivity index (χ3v) is 3.89. The highest BCUT2D eigenvalue weighted by Gasteiger charge is 2.26. The van der Waals surface area contributed by atoms with Crippen molar-refractivity contribution in [2.75, 3.05) is 11.9 Å². The first-order chi connectivity index (χ1) is 9.60. The Kier molecular flexibility index (Phi) is 4.88. The zero-order valence-corrected chi connectivity index (χ0v) is 12.2. The van der Waals surface area contributed by atoms with Gasteiger partial charge in [0.1, 0.15) is 5.75 Å². The predicted octanol–water partition coefficient (Wildman–Crippen LogP) is 3.45. The Hall–Kier alpha value is -1.71. The van der Waals surface area contributed by atoms with Crippen LogP contribution < -0.4 is 10.1 Å². The van der Waals surface area contributed by atoms with Gasteiger partial charge in [-0.05, 0) is 56.9 Å². The fourth-order valence-corrected chi connectivity index (χ4v) is 2.82. The summed E-state index contributed by atoms with van der Waals surface area (Å²) >= 11 is 0. The first-order valence-corrected chi connectivity index (χ1v) is 7.33. The SMILES string of the molecule is CCOc1ccc(NC2CCCC(C(=O)O)C2)c(C)c1. The summed E-state index contributed by atoms with van der Waals surface area (Å²) in [7, 11) is 0. The molecule has 2 rings (SSSR count). The maximum atomic E-state index is 11.1. The van der Waals surface area contributed by atoms with E-state index in [1.807, 2.05) is 32.0 Å². The Morgan fingerprint density at radius 2 is 2.25 bits per heavy atom. The number of carboxylic acids is 1. The second-order valence-corrected chi connectivity index (χ2v) is 5.45. The van der Waals surface area contributed by atoms with Crippen molar-refractivity contribution in [2.45, 2.75) is 45.6 Å². The van der Waals surface area contributed by atoms with E-state index in [1.165, 1.54) is 0 Å². The highest BCUT2D eigenvalue weighted by atomic mass is 16.5. The molecule has 0 spiro atoms. The topological polar surface area (TPSA) is 58.6 Å². The lowest BCUT2D eigenvalue weighted by molar-refractivity contribution is -0.142. The molecule has 110 valence electrons. The number of rotatable bonds is 5. The number of ether oxygens (including phenoxy) is 1. The van der Waals surface area contributed by atoms with E-state index in [2.05, 4.69) is 5.32 Å². The minimum Gasteiger partial charge on any atom is -0.494 e. The second-order valence-electron chi connectivity index (χ2n) is 5.45. The Morgan fingerprint density at radius 3 is 2.90 bits per heavy atom. The standard InChI is InChI=1S/C16H23NO3/c1-3-20-14-7-8-15(11(2)9-14)17-13-6-4-5-12(10-13)16(18)19/h7-9,12-13,17H,3-6,10H2,1-2H3,(H,18,19). The summed E-state index contributed by atoms with van der Waals surface area (Å²) in [6, 6.07) is 6.24. The van der Waals surface area contributed by atoms with Gasteiger partial charge in [-0.25, -0.2) is 0 Å². The molecule has 2 unspecified atom stereocenters. The maximum Gasteiger partial charge on any atom is 0.306 e. The molecule has 1 aliphatic rings. The molecule has 1 saturated carbocycles. The number of hydrogen-bond acceptors (Lipinski definition) is 3. The lowest BCUT2D eigenvalue weighted by atomic mass is 9.85. The van der Waals surface area contributed by atoms with Crippen LogP contribution in [-0.2, 0) is 4.79 Å². The summed E-state index contributed by atoms with van der Waals surface area (Å²) in [6.45, 7) is 4.67. The van der Waals surface area contributed by atoms with Gasteiger partial charge in [0.15, 0.2) is 0 Å². The molecule has 0 aliphatic heterocycles. The van der Waals surface area contributed by atoms with E-state index in [4.69, 9.17) is 9.84 Å². The van der Waals surface area contributed by atoms with Gasteiger partial charge < -0.3 is 15.2 Å². The van der Waals surface area contributed by atoms with Gasteiger partial charge in [0.25, 0.3) is 0 Å². The third kappa shape index (κ3) is 3.65. The van der Waals surface area contributed by atoms with Crippen molar-refractivity contribution in [2.24, 2.45) is 5.92 Å². The fraction of sp³-hybridized carbons (Fsp3) is 0.562. The minimum atomic E-state index is -0.667. The summed E-state index contributed by atoms with van der Waals surface area (Å²) in [5.74, 6) is 0.00627. The van der Waals surface area contributed by atoms with E-state index >= 15 is 0 Å². The quantitative estimate of drug-likeness (QED) is 0.865. The maximum absolute atomic E-state index is 11.1. The van der Waals surface area contributed by atoms with E-state index in [1.54, 1.807) is 0 Å². The van der Waals surface area contributed by atoms with Crippen molar-refractivity contribution < 1.29 is 14.6 Å². The molecule has 20 heavy (non-hydrogen) atoms. The number of anilines is 1. The first kappa shape index (κ1) is 14.7. The van der Waals surface area contributed by atoms with Crippen molar-refractivity contribution >= 4 is 11.7 Å². The van der Waals surface area contributed by atoms with Crippen LogP contribution in [-0.4, -0.2) is 23.7 Å². The normalized spacial score (nSPS) is 22.3. The monoisotopic (exact) mass is 277 g/mol. The van der Waals surface area contributed by atoms with Crippen molar-refractivity contribution in [3.8, 4) is 5.75 Å². The van der Waals surface area contributed by atoms with E-state index in [0.29, 0.717) is 13.0 Å². The van der Waals surface area contributed by atoms with Crippen LogP contribution in [0.2, 0.25) is 0 Å². The Labute approximate surface area is 120 Å². The van der Waals surface area contributed by atoms with Crippen LogP contribution in [0.5, 0.6) is 5.75 Å².